The molecule has 2 aromatic carbocycles. The SMILES string of the molecule is COc1cc(CN(C)C(=O)c2cc(C)c(OCc3cccnc3)c(C)c2)ccc1OC(F)F. The summed E-state index contributed by atoms with van der Waals surface area (Å²) in [5.41, 5.74) is 3.91. The van der Waals surface area contributed by atoms with E-state index in [4.69, 9.17) is 9.47 Å². The second-order valence-corrected chi connectivity index (χ2v) is 7.61. The molecular formula is C25H26F2N2O4. The van der Waals surface area contributed by atoms with Gasteiger partial charge in [-0.25, -0.2) is 0 Å². The van der Waals surface area contributed by atoms with E-state index < -0.39 is 6.61 Å². The Bertz CT molecular complexity index is 1080. The van der Waals surface area contributed by atoms with Crippen molar-refractivity contribution in [2.45, 2.75) is 33.6 Å². The Balaban J connectivity index is 1.71. The first-order valence-electron chi connectivity index (χ1n) is 10.3. The van der Waals surface area contributed by atoms with Crippen LogP contribution in [-0.4, -0.2) is 36.6 Å². The van der Waals surface area contributed by atoms with Gasteiger partial charge in [-0.1, -0.05) is 12.1 Å². The molecule has 0 aliphatic heterocycles. The zero-order chi connectivity index (χ0) is 24.0. The van der Waals surface area contributed by atoms with Crippen LogP contribution in [-0.2, 0) is 13.2 Å². The third-order valence-corrected chi connectivity index (χ3v) is 5.02. The number of alkyl halides is 2. The van der Waals surface area contributed by atoms with Crippen LogP contribution in [0.4, 0.5) is 8.78 Å². The number of carbonyl (C=O) groups excluding carboxylic acids is 1. The number of aryl methyl sites for hydroxylation is 2. The molecule has 0 saturated carbocycles. The predicted octanol–water partition coefficient (Wildman–Crippen LogP) is 5.16. The highest BCUT2D eigenvalue weighted by Crippen LogP contribution is 2.30. The molecule has 1 amide bonds. The van der Waals surface area contributed by atoms with Gasteiger partial charge in [-0.3, -0.25) is 9.78 Å². The summed E-state index contributed by atoms with van der Waals surface area (Å²) in [5, 5.41) is 0. The van der Waals surface area contributed by atoms with Gasteiger partial charge in [0, 0.05) is 37.1 Å². The zero-order valence-electron chi connectivity index (χ0n) is 19.0. The molecule has 174 valence electrons. The number of nitrogens with zero attached hydrogens (tertiary/aromatic N) is 2. The Morgan fingerprint density at radius 3 is 2.39 bits per heavy atom. The van der Waals surface area contributed by atoms with Crippen molar-refractivity contribution in [3.63, 3.8) is 0 Å². The summed E-state index contributed by atoms with van der Waals surface area (Å²) in [4.78, 5) is 18.7. The average Bonchev–Trinajstić information content (AvgIpc) is 2.79. The van der Waals surface area contributed by atoms with E-state index >= 15 is 0 Å². The van der Waals surface area contributed by atoms with E-state index in [0.29, 0.717) is 17.7 Å². The van der Waals surface area contributed by atoms with Gasteiger partial charge in [0.2, 0.25) is 0 Å². The van der Waals surface area contributed by atoms with Crippen molar-refractivity contribution < 1.29 is 27.8 Å². The van der Waals surface area contributed by atoms with E-state index in [2.05, 4.69) is 9.72 Å². The lowest BCUT2D eigenvalue weighted by Gasteiger charge is -2.20. The number of aromatic nitrogens is 1. The van der Waals surface area contributed by atoms with Crippen LogP contribution in [0.3, 0.4) is 0 Å². The number of carbonyl (C=O) groups is 1. The summed E-state index contributed by atoms with van der Waals surface area (Å²) in [6.45, 7) is 1.50. The van der Waals surface area contributed by atoms with E-state index in [-0.39, 0.29) is 24.0 Å². The third-order valence-electron chi connectivity index (χ3n) is 5.02. The van der Waals surface area contributed by atoms with Crippen LogP contribution >= 0.6 is 0 Å². The highest BCUT2D eigenvalue weighted by atomic mass is 19.3. The molecule has 0 spiro atoms. The normalized spacial score (nSPS) is 10.8. The van der Waals surface area contributed by atoms with E-state index in [9.17, 15) is 13.6 Å². The maximum atomic E-state index is 13.0. The van der Waals surface area contributed by atoms with E-state index in [1.54, 1.807) is 48.6 Å². The molecule has 3 aromatic rings. The Morgan fingerprint density at radius 2 is 1.79 bits per heavy atom. The Kier molecular flexibility index (Phi) is 7.82. The van der Waals surface area contributed by atoms with Crippen LogP contribution in [0, 0.1) is 13.8 Å². The fourth-order valence-corrected chi connectivity index (χ4v) is 3.51. The molecule has 1 aromatic heterocycles. The van der Waals surface area contributed by atoms with Crippen molar-refractivity contribution in [3.05, 3.63) is 82.7 Å². The lowest BCUT2D eigenvalue weighted by atomic mass is 10.0. The molecule has 0 fully saturated rings. The minimum absolute atomic E-state index is 0.0571. The smallest absolute Gasteiger partial charge is 0.387 e. The maximum absolute atomic E-state index is 13.0. The van der Waals surface area contributed by atoms with Crippen molar-refractivity contribution >= 4 is 5.91 Å². The molecule has 0 radical (unpaired) electrons. The van der Waals surface area contributed by atoms with Gasteiger partial charge in [0.15, 0.2) is 11.5 Å². The number of benzene rings is 2. The molecule has 0 bridgehead atoms. The highest BCUT2D eigenvalue weighted by Gasteiger charge is 2.17. The van der Waals surface area contributed by atoms with E-state index in [1.165, 1.54) is 13.2 Å². The van der Waals surface area contributed by atoms with Crippen LogP contribution in [0.5, 0.6) is 17.2 Å². The van der Waals surface area contributed by atoms with Gasteiger partial charge < -0.3 is 19.1 Å². The van der Waals surface area contributed by atoms with Gasteiger partial charge in [0.25, 0.3) is 5.91 Å². The monoisotopic (exact) mass is 456 g/mol. The first-order valence-corrected chi connectivity index (χ1v) is 10.3. The van der Waals surface area contributed by atoms with Gasteiger partial charge >= 0.3 is 6.61 Å². The molecule has 3 rings (SSSR count). The van der Waals surface area contributed by atoms with Crippen molar-refractivity contribution in [2.24, 2.45) is 0 Å². The van der Waals surface area contributed by atoms with E-state index in [0.717, 1.165) is 22.4 Å². The third kappa shape index (κ3) is 6.19. The summed E-state index contributed by atoms with van der Waals surface area (Å²) in [6.07, 6.45) is 3.46. The average molecular weight is 456 g/mol. The lowest BCUT2D eigenvalue weighted by Crippen LogP contribution is -2.26. The first-order chi connectivity index (χ1) is 15.8. The minimum Gasteiger partial charge on any atom is -0.493 e. The number of rotatable bonds is 9. The molecule has 0 unspecified atom stereocenters. The number of ether oxygens (including phenoxy) is 3. The Labute approximate surface area is 191 Å². The first kappa shape index (κ1) is 24.0. The quantitative estimate of drug-likeness (QED) is 0.445. The molecule has 0 aliphatic rings. The maximum Gasteiger partial charge on any atom is 0.387 e. The molecule has 0 N–H and O–H groups in total. The highest BCUT2D eigenvalue weighted by molar-refractivity contribution is 5.94. The molecular weight excluding hydrogens is 430 g/mol. The topological polar surface area (TPSA) is 60.9 Å². The number of hydrogen-bond acceptors (Lipinski definition) is 5. The van der Waals surface area contributed by atoms with Gasteiger partial charge in [-0.05, 0) is 60.9 Å². The minimum atomic E-state index is -2.95. The Hall–Kier alpha value is -3.68. The largest absolute Gasteiger partial charge is 0.493 e. The number of methoxy groups -OCH3 is 1. The Morgan fingerprint density at radius 1 is 1.06 bits per heavy atom. The van der Waals surface area contributed by atoms with Crippen molar-refractivity contribution in [1.82, 2.24) is 9.88 Å². The van der Waals surface area contributed by atoms with Crippen molar-refractivity contribution in [2.75, 3.05) is 14.2 Å². The molecule has 0 saturated heterocycles. The van der Waals surface area contributed by atoms with Crippen molar-refractivity contribution in [3.8, 4) is 17.2 Å². The molecule has 0 atom stereocenters. The fourth-order valence-electron chi connectivity index (χ4n) is 3.51. The van der Waals surface area contributed by atoms with Crippen LogP contribution in [0.25, 0.3) is 0 Å². The molecule has 33 heavy (non-hydrogen) atoms. The van der Waals surface area contributed by atoms with Gasteiger partial charge in [-0.15, -0.1) is 0 Å². The second kappa shape index (κ2) is 10.8. The summed E-state index contributed by atoms with van der Waals surface area (Å²) in [5.74, 6) is 0.679. The molecule has 8 heteroatoms. The van der Waals surface area contributed by atoms with Gasteiger partial charge in [0.1, 0.15) is 12.4 Å². The molecule has 0 aliphatic carbocycles. The van der Waals surface area contributed by atoms with Gasteiger partial charge in [-0.2, -0.15) is 8.78 Å². The lowest BCUT2D eigenvalue weighted by molar-refractivity contribution is -0.0512. The molecule has 6 nitrogen and oxygen atoms in total. The predicted molar refractivity (Wildman–Crippen MR) is 120 cm³/mol. The zero-order valence-corrected chi connectivity index (χ0v) is 19.0. The summed E-state index contributed by atoms with van der Waals surface area (Å²) >= 11 is 0. The van der Waals surface area contributed by atoms with Crippen LogP contribution in [0.2, 0.25) is 0 Å². The summed E-state index contributed by atoms with van der Waals surface area (Å²) < 4.78 is 40.6. The second-order valence-electron chi connectivity index (χ2n) is 7.61. The number of pyridine rings is 1. The van der Waals surface area contributed by atoms with Crippen molar-refractivity contribution in [1.29, 1.82) is 0 Å². The van der Waals surface area contributed by atoms with Crippen LogP contribution in [0.1, 0.15) is 32.6 Å². The standard InChI is InChI=1S/C25H26F2N2O4/c1-16-10-20(11-17(2)23(16)32-15-19-6-5-9-28-13-19)24(30)29(3)14-18-7-8-21(33-25(26)27)22(12-18)31-4/h5-13,25H,14-15H2,1-4H3. The number of halogens is 2. The molecule has 1 heterocycles. The van der Waals surface area contributed by atoms with Gasteiger partial charge in [0.05, 0.1) is 7.11 Å². The summed E-state index contributed by atoms with van der Waals surface area (Å²) in [7, 11) is 3.05. The summed E-state index contributed by atoms with van der Waals surface area (Å²) in [6, 6.07) is 12.0. The fraction of sp³-hybridized carbons (Fsp3) is 0.280. The van der Waals surface area contributed by atoms with Crippen LogP contribution < -0.4 is 14.2 Å². The van der Waals surface area contributed by atoms with E-state index in [1.807, 2.05) is 26.0 Å². The number of hydrogen-bond donors (Lipinski definition) is 0. The van der Waals surface area contributed by atoms with Crippen LogP contribution in [0.15, 0.2) is 54.9 Å². The number of amides is 1.